The fourth-order valence-electron chi connectivity index (χ4n) is 1.90. The van der Waals surface area contributed by atoms with E-state index in [4.69, 9.17) is 0 Å². The third kappa shape index (κ3) is 2.93. The molecule has 1 aliphatic carbocycles. The van der Waals surface area contributed by atoms with E-state index in [0.717, 1.165) is 12.5 Å². The molecular formula is C14H19N. The Hall–Kier alpha value is -1.08. The van der Waals surface area contributed by atoms with Gasteiger partial charge in [-0.2, -0.15) is 0 Å². The highest BCUT2D eigenvalue weighted by atomic mass is 15.0. The lowest BCUT2D eigenvalue weighted by Crippen LogP contribution is -2.17. The molecule has 0 spiro atoms. The van der Waals surface area contributed by atoms with Crippen molar-refractivity contribution >= 4 is 0 Å². The van der Waals surface area contributed by atoms with Gasteiger partial charge in [0.15, 0.2) is 0 Å². The van der Waals surface area contributed by atoms with Crippen LogP contribution in [0.25, 0.3) is 0 Å². The first-order valence-electron chi connectivity index (χ1n) is 5.69. The molecule has 15 heavy (non-hydrogen) atoms. The highest BCUT2D eigenvalue weighted by Crippen LogP contribution is 2.40. The van der Waals surface area contributed by atoms with Gasteiger partial charge in [-0.1, -0.05) is 42.0 Å². The molecule has 2 atom stereocenters. The fourth-order valence-corrected chi connectivity index (χ4v) is 1.90. The van der Waals surface area contributed by atoms with Crippen LogP contribution >= 0.6 is 0 Å². The third-order valence-corrected chi connectivity index (χ3v) is 2.91. The van der Waals surface area contributed by atoms with E-state index in [1.165, 1.54) is 17.6 Å². The van der Waals surface area contributed by atoms with Crippen molar-refractivity contribution in [3.63, 3.8) is 0 Å². The van der Waals surface area contributed by atoms with Crippen molar-refractivity contribution in [1.82, 2.24) is 5.32 Å². The molecule has 0 aliphatic heterocycles. The lowest BCUT2D eigenvalue weighted by atomic mass is 10.1. The van der Waals surface area contributed by atoms with Gasteiger partial charge in [-0.05, 0) is 25.8 Å². The van der Waals surface area contributed by atoms with Crippen LogP contribution in [0.5, 0.6) is 0 Å². The first-order chi connectivity index (χ1) is 7.27. The third-order valence-electron chi connectivity index (χ3n) is 2.91. The Morgan fingerprint density at radius 2 is 2.07 bits per heavy atom. The van der Waals surface area contributed by atoms with Gasteiger partial charge in [-0.3, -0.25) is 0 Å². The molecule has 1 N–H and O–H groups in total. The van der Waals surface area contributed by atoms with E-state index in [1.54, 1.807) is 0 Å². The standard InChI is InChI=1S/C14H19N/c1-11(2)8-9-15-14-10-13(14)12-6-4-3-5-7-12/h3-8,13-15H,9-10H2,1-2H3. The predicted octanol–water partition coefficient (Wildman–Crippen LogP) is 3.10. The van der Waals surface area contributed by atoms with Crippen molar-refractivity contribution in [2.45, 2.75) is 32.2 Å². The van der Waals surface area contributed by atoms with Gasteiger partial charge in [0.05, 0.1) is 0 Å². The summed E-state index contributed by atoms with van der Waals surface area (Å²) in [7, 11) is 0. The van der Waals surface area contributed by atoms with Gasteiger partial charge in [-0.25, -0.2) is 0 Å². The fraction of sp³-hybridized carbons (Fsp3) is 0.429. The Morgan fingerprint density at radius 3 is 2.73 bits per heavy atom. The van der Waals surface area contributed by atoms with Gasteiger partial charge in [0.1, 0.15) is 0 Å². The van der Waals surface area contributed by atoms with Crippen molar-refractivity contribution in [2.75, 3.05) is 6.54 Å². The van der Waals surface area contributed by atoms with Gasteiger partial charge in [0.25, 0.3) is 0 Å². The summed E-state index contributed by atoms with van der Waals surface area (Å²) in [6.07, 6.45) is 3.54. The number of benzene rings is 1. The van der Waals surface area contributed by atoms with Crippen LogP contribution in [0.2, 0.25) is 0 Å². The molecule has 1 aromatic rings. The first-order valence-corrected chi connectivity index (χ1v) is 5.69. The number of rotatable bonds is 4. The minimum absolute atomic E-state index is 0.697. The lowest BCUT2D eigenvalue weighted by molar-refractivity contribution is 0.730. The number of nitrogens with one attached hydrogen (secondary N) is 1. The normalized spacial score (nSPS) is 23.6. The molecule has 0 radical (unpaired) electrons. The maximum absolute atomic E-state index is 3.56. The minimum Gasteiger partial charge on any atom is -0.310 e. The average Bonchev–Trinajstić information content (AvgIpc) is 2.98. The van der Waals surface area contributed by atoms with Crippen LogP contribution in [0, 0.1) is 0 Å². The molecule has 1 saturated carbocycles. The maximum Gasteiger partial charge on any atom is 0.0146 e. The van der Waals surface area contributed by atoms with Crippen LogP contribution in [0.15, 0.2) is 42.0 Å². The van der Waals surface area contributed by atoms with Crippen LogP contribution in [-0.4, -0.2) is 12.6 Å². The van der Waals surface area contributed by atoms with Gasteiger partial charge in [-0.15, -0.1) is 0 Å². The zero-order valence-corrected chi connectivity index (χ0v) is 9.53. The van der Waals surface area contributed by atoms with Crippen LogP contribution in [0.4, 0.5) is 0 Å². The van der Waals surface area contributed by atoms with Crippen molar-refractivity contribution in [3.8, 4) is 0 Å². The molecule has 0 aromatic heterocycles. The summed E-state index contributed by atoms with van der Waals surface area (Å²) in [4.78, 5) is 0. The van der Waals surface area contributed by atoms with Crippen LogP contribution in [0.1, 0.15) is 31.7 Å². The molecule has 0 amide bonds. The highest BCUT2D eigenvalue weighted by molar-refractivity contribution is 5.27. The van der Waals surface area contributed by atoms with E-state index in [9.17, 15) is 0 Å². The van der Waals surface area contributed by atoms with E-state index in [1.807, 2.05) is 0 Å². The highest BCUT2D eigenvalue weighted by Gasteiger charge is 2.37. The Balaban J connectivity index is 1.79. The zero-order valence-electron chi connectivity index (χ0n) is 9.53. The van der Waals surface area contributed by atoms with Crippen LogP contribution < -0.4 is 5.32 Å². The molecule has 0 bridgehead atoms. The molecule has 0 heterocycles. The number of allylic oxidation sites excluding steroid dienone is 1. The van der Waals surface area contributed by atoms with Gasteiger partial charge < -0.3 is 5.32 Å². The Morgan fingerprint density at radius 1 is 1.33 bits per heavy atom. The second kappa shape index (κ2) is 4.63. The maximum atomic E-state index is 3.56. The van der Waals surface area contributed by atoms with E-state index in [-0.39, 0.29) is 0 Å². The van der Waals surface area contributed by atoms with Crippen molar-refractivity contribution in [1.29, 1.82) is 0 Å². The SMILES string of the molecule is CC(C)=CCNC1CC1c1ccccc1. The minimum atomic E-state index is 0.697. The molecule has 80 valence electrons. The van der Waals surface area contributed by atoms with E-state index in [2.05, 4.69) is 55.6 Å². The van der Waals surface area contributed by atoms with E-state index < -0.39 is 0 Å². The van der Waals surface area contributed by atoms with Crippen molar-refractivity contribution in [3.05, 3.63) is 47.5 Å². The zero-order chi connectivity index (χ0) is 10.7. The molecule has 0 saturated heterocycles. The molecule has 2 unspecified atom stereocenters. The molecule has 1 aliphatic rings. The van der Waals surface area contributed by atoms with Crippen LogP contribution in [0.3, 0.4) is 0 Å². The Bertz CT molecular complexity index is 336. The molecule has 2 rings (SSSR count). The van der Waals surface area contributed by atoms with E-state index >= 15 is 0 Å². The molecule has 1 heteroatoms. The second-order valence-corrected chi connectivity index (χ2v) is 4.55. The average molecular weight is 201 g/mol. The summed E-state index contributed by atoms with van der Waals surface area (Å²) in [6.45, 7) is 5.29. The number of hydrogen-bond donors (Lipinski definition) is 1. The Labute approximate surface area is 92.2 Å². The predicted molar refractivity (Wildman–Crippen MR) is 65.0 cm³/mol. The van der Waals surface area contributed by atoms with Crippen molar-refractivity contribution in [2.24, 2.45) is 0 Å². The monoisotopic (exact) mass is 201 g/mol. The first kappa shape index (κ1) is 10.4. The van der Waals surface area contributed by atoms with Gasteiger partial charge in [0.2, 0.25) is 0 Å². The lowest BCUT2D eigenvalue weighted by Gasteiger charge is -2.01. The molecule has 1 fully saturated rings. The van der Waals surface area contributed by atoms with Crippen molar-refractivity contribution < 1.29 is 0 Å². The van der Waals surface area contributed by atoms with Gasteiger partial charge >= 0.3 is 0 Å². The largest absolute Gasteiger partial charge is 0.310 e. The molecule has 1 aromatic carbocycles. The Kier molecular flexibility index (Phi) is 3.22. The quantitative estimate of drug-likeness (QED) is 0.738. The molecule has 1 nitrogen and oxygen atoms in total. The summed E-state index contributed by atoms with van der Waals surface area (Å²) in [5.41, 5.74) is 2.87. The summed E-state index contributed by atoms with van der Waals surface area (Å²) >= 11 is 0. The summed E-state index contributed by atoms with van der Waals surface area (Å²) in [5.74, 6) is 0.747. The second-order valence-electron chi connectivity index (χ2n) is 4.55. The topological polar surface area (TPSA) is 12.0 Å². The summed E-state index contributed by atoms with van der Waals surface area (Å²) in [5, 5.41) is 3.56. The van der Waals surface area contributed by atoms with Gasteiger partial charge in [0, 0.05) is 18.5 Å². The van der Waals surface area contributed by atoms with E-state index in [0.29, 0.717) is 6.04 Å². The number of hydrogen-bond acceptors (Lipinski definition) is 1. The molecular weight excluding hydrogens is 182 g/mol. The smallest absolute Gasteiger partial charge is 0.0146 e. The summed E-state index contributed by atoms with van der Waals surface area (Å²) in [6, 6.07) is 11.5. The summed E-state index contributed by atoms with van der Waals surface area (Å²) < 4.78 is 0. The van der Waals surface area contributed by atoms with Crippen LogP contribution in [-0.2, 0) is 0 Å².